The van der Waals surface area contributed by atoms with E-state index in [0.29, 0.717) is 11.3 Å². The Morgan fingerprint density at radius 3 is 2.48 bits per heavy atom. The van der Waals surface area contributed by atoms with Crippen molar-refractivity contribution in [3.8, 4) is 5.75 Å². The third-order valence-corrected chi connectivity index (χ3v) is 4.88. The molecular formula is C18H15FN2O3S. The molecule has 5 nitrogen and oxygen atoms in total. The number of hydrogen-bond donors (Lipinski definition) is 1. The van der Waals surface area contributed by atoms with Crippen LogP contribution in [0, 0.1) is 5.82 Å². The summed E-state index contributed by atoms with van der Waals surface area (Å²) in [6.07, 6.45) is 1.39. The van der Waals surface area contributed by atoms with E-state index < -0.39 is 15.8 Å². The van der Waals surface area contributed by atoms with Gasteiger partial charge in [-0.1, -0.05) is 30.3 Å². The van der Waals surface area contributed by atoms with Crippen molar-refractivity contribution in [2.75, 3.05) is 7.11 Å². The van der Waals surface area contributed by atoms with Crippen LogP contribution >= 0.6 is 0 Å². The highest BCUT2D eigenvalue weighted by atomic mass is 32.2. The topological polar surface area (TPSA) is 67.8 Å². The Balaban J connectivity index is 1.92. The Morgan fingerprint density at radius 1 is 1.04 bits per heavy atom. The van der Waals surface area contributed by atoms with Gasteiger partial charge < -0.3 is 4.74 Å². The molecule has 0 aliphatic rings. The summed E-state index contributed by atoms with van der Waals surface area (Å²) in [6.45, 7) is 0. The number of hydrazone groups is 1. The van der Waals surface area contributed by atoms with Gasteiger partial charge in [-0.25, -0.2) is 9.22 Å². The number of nitrogens with one attached hydrogen (secondary N) is 1. The van der Waals surface area contributed by atoms with E-state index in [1.807, 2.05) is 30.3 Å². The molecule has 7 heteroatoms. The van der Waals surface area contributed by atoms with Crippen molar-refractivity contribution in [1.82, 2.24) is 4.83 Å². The fraction of sp³-hybridized carbons (Fsp3) is 0.0556. The quantitative estimate of drug-likeness (QED) is 0.562. The molecule has 0 saturated heterocycles. The van der Waals surface area contributed by atoms with E-state index in [4.69, 9.17) is 4.74 Å². The molecule has 128 valence electrons. The first kappa shape index (κ1) is 16.9. The van der Waals surface area contributed by atoms with Crippen LogP contribution in [0.15, 0.2) is 70.7 Å². The summed E-state index contributed by atoms with van der Waals surface area (Å²) in [5.41, 5.74) is 0.655. The predicted octanol–water partition coefficient (Wildman–Crippen LogP) is 3.30. The fourth-order valence-electron chi connectivity index (χ4n) is 2.41. The Kier molecular flexibility index (Phi) is 4.67. The number of rotatable bonds is 5. The Hall–Kier alpha value is -2.93. The zero-order chi connectivity index (χ0) is 17.9. The third kappa shape index (κ3) is 3.61. The highest BCUT2D eigenvalue weighted by molar-refractivity contribution is 7.89. The largest absolute Gasteiger partial charge is 0.496 e. The molecule has 25 heavy (non-hydrogen) atoms. The second-order valence-corrected chi connectivity index (χ2v) is 6.87. The van der Waals surface area contributed by atoms with Crippen molar-refractivity contribution in [2.24, 2.45) is 5.10 Å². The van der Waals surface area contributed by atoms with Crippen molar-refractivity contribution in [1.29, 1.82) is 0 Å². The average molecular weight is 358 g/mol. The van der Waals surface area contributed by atoms with Gasteiger partial charge in [0.05, 0.1) is 18.2 Å². The van der Waals surface area contributed by atoms with E-state index in [2.05, 4.69) is 9.93 Å². The lowest BCUT2D eigenvalue weighted by Gasteiger charge is -2.08. The highest BCUT2D eigenvalue weighted by Crippen LogP contribution is 2.26. The molecule has 0 aliphatic heterocycles. The molecule has 3 rings (SSSR count). The van der Waals surface area contributed by atoms with E-state index >= 15 is 0 Å². The van der Waals surface area contributed by atoms with Gasteiger partial charge in [-0.3, -0.25) is 0 Å². The van der Waals surface area contributed by atoms with Crippen molar-refractivity contribution in [2.45, 2.75) is 4.90 Å². The number of nitrogens with zero attached hydrogens (tertiary/aromatic N) is 1. The molecule has 0 aromatic heterocycles. The second kappa shape index (κ2) is 6.90. The minimum atomic E-state index is -3.88. The number of ether oxygens (including phenoxy) is 1. The van der Waals surface area contributed by atoms with Crippen LogP contribution in [0.4, 0.5) is 4.39 Å². The number of hydrogen-bond acceptors (Lipinski definition) is 4. The van der Waals surface area contributed by atoms with E-state index in [9.17, 15) is 12.8 Å². The van der Waals surface area contributed by atoms with E-state index in [1.165, 1.54) is 25.5 Å². The summed E-state index contributed by atoms with van der Waals surface area (Å²) in [4.78, 5) is 2.05. The first-order valence-corrected chi connectivity index (χ1v) is 8.86. The van der Waals surface area contributed by atoms with Crippen molar-refractivity contribution in [3.63, 3.8) is 0 Å². The molecule has 0 bridgehead atoms. The molecule has 0 heterocycles. The maximum Gasteiger partial charge on any atom is 0.276 e. The maximum atomic E-state index is 12.9. The first-order chi connectivity index (χ1) is 12.0. The van der Waals surface area contributed by atoms with Gasteiger partial charge >= 0.3 is 0 Å². The van der Waals surface area contributed by atoms with Gasteiger partial charge in [-0.05, 0) is 41.1 Å². The second-order valence-electron chi connectivity index (χ2n) is 5.21. The van der Waals surface area contributed by atoms with Crippen LogP contribution in [0.2, 0.25) is 0 Å². The maximum absolute atomic E-state index is 12.9. The first-order valence-electron chi connectivity index (χ1n) is 7.37. The van der Waals surface area contributed by atoms with Crippen molar-refractivity contribution >= 4 is 27.0 Å². The number of halogens is 1. The molecule has 1 N–H and O–H groups in total. The molecule has 3 aromatic rings. The normalized spacial score (nSPS) is 11.8. The monoisotopic (exact) mass is 358 g/mol. The molecule has 0 aliphatic carbocycles. The Morgan fingerprint density at radius 2 is 1.76 bits per heavy atom. The Labute approximate surface area is 144 Å². The smallest absolute Gasteiger partial charge is 0.276 e. The predicted molar refractivity (Wildman–Crippen MR) is 94.8 cm³/mol. The highest BCUT2D eigenvalue weighted by Gasteiger charge is 2.13. The van der Waals surface area contributed by atoms with Gasteiger partial charge in [0.15, 0.2) is 0 Å². The zero-order valence-electron chi connectivity index (χ0n) is 13.3. The fourth-order valence-corrected chi connectivity index (χ4v) is 3.20. The molecule has 0 radical (unpaired) electrons. The summed E-state index contributed by atoms with van der Waals surface area (Å²) < 4.78 is 42.6. The summed E-state index contributed by atoms with van der Waals surface area (Å²) in [6, 6.07) is 15.8. The number of methoxy groups -OCH3 is 1. The zero-order valence-corrected chi connectivity index (χ0v) is 14.1. The van der Waals surface area contributed by atoms with Crippen LogP contribution < -0.4 is 9.57 Å². The summed E-state index contributed by atoms with van der Waals surface area (Å²) in [5.74, 6) is 0.0615. The summed E-state index contributed by atoms with van der Waals surface area (Å²) in [5, 5.41) is 5.69. The Bertz CT molecular complexity index is 1030. The molecule has 0 amide bonds. The van der Waals surface area contributed by atoms with Crippen LogP contribution in [-0.4, -0.2) is 21.7 Å². The van der Waals surface area contributed by atoms with Crippen LogP contribution in [0.5, 0.6) is 5.75 Å². The lowest BCUT2D eigenvalue weighted by molar-refractivity contribution is 0.415. The van der Waals surface area contributed by atoms with Crippen molar-refractivity contribution < 1.29 is 17.5 Å². The average Bonchev–Trinajstić information content (AvgIpc) is 2.62. The van der Waals surface area contributed by atoms with Gasteiger partial charge in [0.2, 0.25) is 0 Å². The van der Waals surface area contributed by atoms with E-state index in [1.54, 1.807) is 6.07 Å². The molecular weight excluding hydrogens is 343 g/mol. The molecule has 0 atom stereocenters. The summed E-state index contributed by atoms with van der Waals surface area (Å²) in [7, 11) is -2.34. The van der Waals surface area contributed by atoms with E-state index in [0.717, 1.165) is 22.9 Å². The van der Waals surface area contributed by atoms with E-state index in [-0.39, 0.29) is 4.90 Å². The van der Waals surface area contributed by atoms with Crippen LogP contribution in [0.1, 0.15) is 5.56 Å². The summed E-state index contributed by atoms with van der Waals surface area (Å²) >= 11 is 0. The lowest BCUT2D eigenvalue weighted by atomic mass is 10.0. The number of sulfonamides is 1. The standard InChI is InChI=1S/C18H15FN2O3S/c1-24-18-11-6-13-4-2-3-5-16(13)17(18)12-20-21-25(22,23)15-9-7-14(19)8-10-15/h2-12,21H,1H3/b20-12+. The molecule has 0 unspecified atom stereocenters. The molecule has 0 spiro atoms. The SMILES string of the molecule is COc1ccc2ccccc2c1/C=N/NS(=O)(=O)c1ccc(F)cc1. The van der Waals surface area contributed by atoms with Crippen LogP contribution in [0.25, 0.3) is 10.8 Å². The van der Waals surface area contributed by atoms with Crippen LogP contribution in [-0.2, 0) is 10.0 Å². The number of fused-ring (bicyclic) bond motifs is 1. The molecule has 0 saturated carbocycles. The van der Waals surface area contributed by atoms with Crippen LogP contribution in [0.3, 0.4) is 0 Å². The lowest BCUT2D eigenvalue weighted by Crippen LogP contribution is -2.18. The van der Waals surface area contributed by atoms with Gasteiger partial charge in [-0.15, -0.1) is 0 Å². The van der Waals surface area contributed by atoms with Gasteiger partial charge in [0.25, 0.3) is 10.0 Å². The minimum Gasteiger partial charge on any atom is -0.496 e. The molecule has 0 fully saturated rings. The van der Waals surface area contributed by atoms with Crippen molar-refractivity contribution in [3.05, 3.63) is 72.0 Å². The minimum absolute atomic E-state index is 0.0732. The van der Waals surface area contributed by atoms with Gasteiger partial charge in [0.1, 0.15) is 11.6 Å². The van der Waals surface area contributed by atoms with Gasteiger partial charge in [-0.2, -0.15) is 13.5 Å². The third-order valence-electron chi connectivity index (χ3n) is 3.64. The molecule has 3 aromatic carbocycles. The van der Waals surface area contributed by atoms with Gasteiger partial charge in [0, 0.05) is 5.56 Å². The number of benzene rings is 3.